The van der Waals surface area contributed by atoms with E-state index in [1.807, 2.05) is 55.4 Å². The minimum absolute atomic E-state index is 0.0455. The van der Waals surface area contributed by atoms with Crippen LogP contribution < -0.4 is 4.90 Å². The molecule has 296 valence electrons. The quantitative estimate of drug-likeness (QED) is 0.0433. The molecule has 54 heavy (non-hydrogen) atoms. The van der Waals surface area contributed by atoms with Crippen molar-refractivity contribution in [3.05, 3.63) is 47.7 Å². The van der Waals surface area contributed by atoms with E-state index in [4.69, 9.17) is 29.0 Å². The summed E-state index contributed by atoms with van der Waals surface area (Å²) in [6, 6.07) is 5.77. The number of hydrogen-bond acceptors (Lipinski definition) is 10. The van der Waals surface area contributed by atoms with Crippen molar-refractivity contribution in [3.63, 3.8) is 0 Å². The minimum Gasteiger partial charge on any atom is -0.501 e. The Morgan fingerprint density at radius 2 is 1.59 bits per heavy atom. The first-order chi connectivity index (χ1) is 25.5. The number of rotatable bonds is 17. The van der Waals surface area contributed by atoms with Crippen LogP contribution in [0.1, 0.15) is 81.0 Å². The van der Waals surface area contributed by atoms with Gasteiger partial charge in [-0.1, -0.05) is 45.3 Å². The lowest BCUT2D eigenvalue weighted by atomic mass is 9.86. The number of nitrogens with zero attached hydrogens (tertiary/aromatic N) is 6. The molecule has 14 heteroatoms. The molecule has 0 saturated carbocycles. The predicted octanol–water partition coefficient (Wildman–Crippen LogP) is 8.69. The number of aldehydes is 1. The van der Waals surface area contributed by atoms with Crippen LogP contribution in [0.25, 0.3) is 22.9 Å². The van der Waals surface area contributed by atoms with Gasteiger partial charge >= 0.3 is 6.09 Å². The van der Waals surface area contributed by atoms with Crippen LogP contribution >= 0.6 is 0 Å². The summed E-state index contributed by atoms with van der Waals surface area (Å²) >= 11 is 0. The molecule has 0 radical (unpaired) electrons. The molecule has 0 N–H and O–H groups in total. The van der Waals surface area contributed by atoms with Gasteiger partial charge in [-0.05, 0) is 77.6 Å². The van der Waals surface area contributed by atoms with Crippen LogP contribution in [0.15, 0.2) is 30.8 Å². The number of aromatic nitrogens is 4. The number of pyridine rings is 1. The number of anilines is 1. The Balaban J connectivity index is 1.65. The molecule has 5 heterocycles. The van der Waals surface area contributed by atoms with Gasteiger partial charge in [-0.15, -0.1) is 0 Å². The molecule has 3 aromatic rings. The first-order valence-corrected chi connectivity index (χ1v) is 26.9. The number of piperidine rings is 1. The summed E-state index contributed by atoms with van der Waals surface area (Å²) in [5, 5.41) is 4.95. The van der Waals surface area contributed by atoms with Crippen molar-refractivity contribution in [2.45, 2.75) is 128 Å². The summed E-state index contributed by atoms with van der Waals surface area (Å²) < 4.78 is 26.5. The molecule has 3 aromatic heterocycles. The highest BCUT2D eigenvalue weighted by molar-refractivity contribution is 6.76. The zero-order valence-corrected chi connectivity index (χ0v) is 36.2. The second-order valence-corrected chi connectivity index (χ2v) is 29.3. The zero-order chi connectivity index (χ0) is 39.3. The Morgan fingerprint density at radius 3 is 2.11 bits per heavy atom. The van der Waals surface area contributed by atoms with Crippen LogP contribution in [0.3, 0.4) is 0 Å². The van der Waals surface area contributed by atoms with Crippen molar-refractivity contribution in [2.75, 3.05) is 38.2 Å². The lowest BCUT2D eigenvalue weighted by Crippen LogP contribution is -2.48. The Kier molecular flexibility index (Phi) is 13.4. The molecule has 1 unspecified atom stereocenters. The van der Waals surface area contributed by atoms with Gasteiger partial charge in [0.05, 0.1) is 24.8 Å². The molecule has 2 bridgehead atoms. The predicted molar refractivity (Wildman–Crippen MR) is 220 cm³/mol. The number of ether oxygens (including phenoxy) is 4. The fourth-order valence-electron chi connectivity index (χ4n) is 7.11. The fourth-order valence-corrected chi connectivity index (χ4v) is 8.63. The number of carbonyl (C=O) groups excluding carboxylic acids is 2. The van der Waals surface area contributed by atoms with E-state index in [2.05, 4.69) is 49.2 Å². The third-order valence-electron chi connectivity index (χ3n) is 9.91. The molecule has 0 aliphatic carbocycles. The Hall–Kier alpha value is -3.60. The van der Waals surface area contributed by atoms with Gasteiger partial charge in [0.2, 0.25) is 0 Å². The van der Waals surface area contributed by atoms with E-state index in [9.17, 15) is 9.59 Å². The van der Waals surface area contributed by atoms with E-state index < -0.39 is 21.7 Å². The van der Waals surface area contributed by atoms with E-state index in [1.165, 1.54) is 0 Å². The second kappa shape index (κ2) is 17.5. The molecule has 2 aliphatic heterocycles. The van der Waals surface area contributed by atoms with E-state index in [1.54, 1.807) is 18.5 Å². The highest BCUT2D eigenvalue weighted by Crippen LogP contribution is 2.46. The van der Waals surface area contributed by atoms with E-state index in [0.29, 0.717) is 44.6 Å². The highest BCUT2D eigenvalue weighted by atomic mass is 28.3. The van der Waals surface area contributed by atoms with Crippen LogP contribution in [0.4, 0.5) is 10.6 Å². The topological polar surface area (TPSA) is 121 Å². The van der Waals surface area contributed by atoms with Crippen LogP contribution in [0, 0.1) is 0 Å². The molecule has 0 spiro atoms. The summed E-state index contributed by atoms with van der Waals surface area (Å²) in [5.41, 5.74) is 3.88. The molecule has 2 fully saturated rings. The standard InChI is InChI=1S/C40H62N6O6Si2/c1-11-49-17-16-34-36(30-22-32-14-15-33(23-30)45(32)39(48)52-40(2,3)4)43-37-35(29-12-13-31(26-47)41-24-29)25-42-46(37)38(34)44(27-50-18-20-53(5,6)7)28-51-19-21-54(8,9)10/h12-13,16-17,24-26,30,32-33H,11,14-15,18-23,27-28H2,1-10H3/b17-16-/t30?,32-,33+. The second-order valence-electron chi connectivity index (χ2n) is 18.1. The molecule has 1 amide bonds. The van der Waals surface area contributed by atoms with Gasteiger partial charge in [0.15, 0.2) is 11.9 Å². The number of hydrogen-bond donors (Lipinski definition) is 0. The Labute approximate surface area is 323 Å². The van der Waals surface area contributed by atoms with Gasteiger partial charge in [-0.25, -0.2) is 9.78 Å². The van der Waals surface area contributed by atoms with Crippen LogP contribution in [0.2, 0.25) is 51.4 Å². The number of carbonyl (C=O) groups is 2. The monoisotopic (exact) mass is 778 g/mol. The van der Waals surface area contributed by atoms with Crippen LogP contribution in [0.5, 0.6) is 0 Å². The van der Waals surface area contributed by atoms with Crippen LogP contribution in [-0.4, -0.2) is 104 Å². The number of fused-ring (bicyclic) bond motifs is 3. The highest BCUT2D eigenvalue weighted by Gasteiger charge is 2.46. The van der Waals surface area contributed by atoms with Gasteiger partial charge in [0.25, 0.3) is 0 Å². The normalized spacial score (nSPS) is 19.1. The summed E-state index contributed by atoms with van der Waals surface area (Å²) in [6.45, 7) is 24.3. The van der Waals surface area contributed by atoms with Gasteiger partial charge < -0.3 is 28.7 Å². The maximum atomic E-state index is 13.5. The average Bonchev–Trinajstić information content (AvgIpc) is 3.63. The minimum atomic E-state index is -1.33. The third-order valence-corrected chi connectivity index (χ3v) is 13.3. The number of amides is 1. The average molecular weight is 779 g/mol. The molecule has 12 nitrogen and oxygen atoms in total. The van der Waals surface area contributed by atoms with Crippen LogP contribution in [-0.2, 0) is 18.9 Å². The zero-order valence-electron chi connectivity index (χ0n) is 34.2. The SMILES string of the molecule is CCO/C=C\c1c(C2C[C@H]3CC[C@@H](C2)N3C(=O)OC(C)(C)C)nc2c(-c3ccc(C=O)nc3)cnn2c1N(COCC[Si](C)(C)C)COCC[Si](C)(C)C. The summed E-state index contributed by atoms with van der Waals surface area (Å²) in [6.07, 6.45) is 11.1. The third kappa shape index (κ3) is 10.8. The summed E-state index contributed by atoms with van der Waals surface area (Å²) in [5.74, 6) is 0.851. The Morgan fingerprint density at radius 1 is 0.963 bits per heavy atom. The van der Waals surface area contributed by atoms with Crippen molar-refractivity contribution in [2.24, 2.45) is 0 Å². The van der Waals surface area contributed by atoms with E-state index in [-0.39, 0.29) is 24.1 Å². The molecular weight excluding hydrogens is 717 g/mol. The van der Waals surface area contributed by atoms with Gasteiger partial charge in [-0.2, -0.15) is 9.61 Å². The van der Waals surface area contributed by atoms with Crippen molar-refractivity contribution < 1.29 is 28.5 Å². The lowest BCUT2D eigenvalue weighted by Gasteiger charge is -2.40. The lowest BCUT2D eigenvalue weighted by molar-refractivity contribution is 0.00567. The molecule has 2 aliphatic rings. The molecule has 0 aromatic carbocycles. The maximum absolute atomic E-state index is 13.5. The molecule has 2 saturated heterocycles. The molecular formula is C40H62N6O6Si2. The summed E-state index contributed by atoms with van der Waals surface area (Å²) in [7, 11) is -2.67. The van der Waals surface area contributed by atoms with Crippen molar-refractivity contribution in [3.8, 4) is 11.1 Å². The smallest absolute Gasteiger partial charge is 0.410 e. The van der Waals surface area contributed by atoms with E-state index >= 15 is 0 Å². The Bertz CT molecular complexity index is 1730. The van der Waals surface area contributed by atoms with Crippen molar-refractivity contribution in [1.29, 1.82) is 0 Å². The summed E-state index contributed by atoms with van der Waals surface area (Å²) in [4.78, 5) is 38.8. The van der Waals surface area contributed by atoms with Crippen molar-refractivity contribution >= 4 is 46.1 Å². The first kappa shape index (κ1) is 41.6. The van der Waals surface area contributed by atoms with Gasteiger partial charge in [0, 0.05) is 70.3 Å². The molecule has 3 atom stereocenters. The van der Waals surface area contributed by atoms with Gasteiger partial charge in [0.1, 0.15) is 30.6 Å². The van der Waals surface area contributed by atoms with Crippen molar-refractivity contribution in [1.82, 2.24) is 24.5 Å². The largest absolute Gasteiger partial charge is 0.501 e. The van der Waals surface area contributed by atoms with E-state index in [0.717, 1.165) is 72.3 Å². The first-order valence-electron chi connectivity index (χ1n) is 19.5. The fraction of sp³-hybridized carbons (Fsp3) is 0.625. The molecule has 5 rings (SSSR count). The van der Waals surface area contributed by atoms with Gasteiger partial charge in [-0.3, -0.25) is 9.78 Å². The maximum Gasteiger partial charge on any atom is 0.410 e.